The van der Waals surface area contributed by atoms with E-state index in [9.17, 15) is 0 Å². The van der Waals surface area contributed by atoms with E-state index in [1.165, 1.54) is 10.9 Å². The second-order valence-electron chi connectivity index (χ2n) is 5.19. The van der Waals surface area contributed by atoms with Crippen LogP contribution in [0.25, 0.3) is 10.9 Å². The molecule has 0 bridgehead atoms. The van der Waals surface area contributed by atoms with Gasteiger partial charge in [0, 0.05) is 30.9 Å². The minimum Gasteiger partial charge on any atom is -0.295 e. The Labute approximate surface area is 120 Å². The topological polar surface area (TPSA) is 21.1 Å². The number of para-hydroxylation sites is 1. The third kappa shape index (κ3) is 3.28. The zero-order valence-electron chi connectivity index (χ0n) is 11.9. The Morgan fingerprint density at radius 1 is 1.32 bits per heavy atom. The number of hydrogen-bond donors (Lipinski definition) is 0. The Balaban J connectivity index is 2.23. The molecule has 1 heterocycles. The highest BCUT2D eigenvalue weighted by Crippen LogP contribution is 2.19. The van der Waals surface area contributed by atoms with E-state index in [2.05, 4.69) is 48.1 Å². The molecule has 0 saturated heterocycles. The zero-order valence-corrected chi connectivity index (χ0v) is 12.7. The van der Waals surface area contributed by atoms with Crippen molar-refractivity contribution in [1.82, 2.24) is 14.7 Å². The molecule has 1 aromatic carbocycles. The van der Waals surface area contributed by atoms with Gasteiger partial charge in [-0.25, -0.2) is 0 Å². The van der Waals surface area contributed by atoms with Gasteiger partial charge in [0.1, 0.15) is 0 Å². The number of aromatic nitrogens is 2. The maximum atomic E-state index is 5.81. The molecule has 4 heteroatoms. The molecule has 104 valence electrons. The molecule has 0 aliphatic rings. The van der Waals surface area contributed by atoms with Gasteiger partial charge in [-0.1, -0.05) is 18.2 Å². The van der Waals surface area contributed by atoms with Crippen molar-refractivity contribution in [3.05, 3.63) is 30.0 Å². The maximum Gasteiger partial charge on any atom is 0.0843 e. The fourth-order valence-electron chi connectivity index (χ4n) is 2.38. The first kappa shape index (κ1) is 14.4. The number of hydrogen-bond acceptors (Lipinski definition) is 2. The molecule has 0 radical (unpaired) electrons. The molecule has 0 aliphatic heterocycles. The number of aryl methyl sites for hydroxylation is 1. The highest BCUT2D eigenvalue weighted by atomic mass is 35.5. The lowest BCUT2D eigenvalue weighted by molar-refractivity contribution is 0.211. The van der Waals surface area contributed by atoms with Crippen molar-refractivity contribution in [1.29, 1.82) is 0 Å². The lowest BCUT2D eigenvalue weighted by Gasteiger charge is -2.25. The van der Waals surface area contributed by atoms with Crippen LogP contribution in [0.3, 0.4) is 0 Å². The number of alkyl halides is 1. The van der Waals surface area contributed by atoms with Gasteiger partial charge in [-0.2, -0.15) is 5.10 Å². The second kappa shape index (κ2) is 6.40. The van der Waals surface area contributed by atoms with Gasteiger partial charge in [0.15, 0.2) is 0 Å². The molecule has 0 saturated carbocycles. The monoisotopic (exact) mass is 279 g/mol. The van der Waals surface area contributed by atoms with Crippen LogP contribution in [-0.4, -0.2) is 33.1 Å². The van der Waals surface area contributed by atoms with E-state index >= 15 is 0 Å². The van der Waals surface area contributed by atoms with Crippen molar-refractivity contribution >= 4 is 22.5 Å². The minimum absolute atomic E-state index is 0.504. The molecule has 2 aromatic rings. The predicted octanol–water partition coefficient (Wildman–Crippen LogP) is 3.41. The molecule has 0 N–H and O–H groups in total. The lowest BCUT2D eigenvalue weighted by Crippen LogP contribution is -2.31. The summed E-state index contributed by atoms with van der Waals surface area (Å²) in [6.45, 7) is 6.35. The summed E-state index contributed by atoms with van der Waals surface area (Å²) in [7, 11) is 2.00. The van der Waals surface area contributed by atoms with Crippen LogP contribution in [0.1, 0.15) is 26.0 Å². The van der Waals surface area contributed by atoms with Crippen LogP contribution in [-0.2, 0) is 13.6 Å². The largest absolute Gasteiger partial charge is 0.295 e. The summed E-state index contributed by atoms with van der Waals surface area (Å²) in [6, 6.07) is 8.90. The van der Waals surface area contributed by atoms with E-state index in [4.69, 9.17) is 11.6 Å². The van der Waals surface area contributed by atoms with Gasteiger partial charge >= 0.3 is 0 Å². The van der Waals surface area contributed by atoms with Gasteiger partial charge < -0.3 is 0 Å². The molecule has 1 aromatic heterocycles. The van der Waals surface area contributed by atoms with Crippen molar-refractivity contribution < 1.29 is 0 Å². The molecular weight excluding hydrogens is 258 g/mol. The van der Waals surface area contributed by atoms with E-state index in [0.717, 1.165) is 25.2 Å². The molecule has 0 unspecified atom stereocenters. The maximum absolute atomic E-state index is 5.81. The number of halogens is 1. The zero-order chi connectivity index (χ0) is 13.8. The Bertz CT molecular complexity index is 533. The molecule has 0 fully saturated rings. The summed E-state index contributed by atoms with van der Waals surface area (Å²) in [4.78, 5) is 2.43. The standard InChI is InChI=1S/C15H22ClN3/c1-12(2)19(10-6-9-16)11-14-13-7-4-5-8-15(13)18(3)17-14/h4-5,7-8,12H,6,9-11H2,1-3H3. The van der Waals surface area contributed by atoms with Crippen molar-refractivity contribution in [3.63, 3.8) is 0 Å². The summed E-state index contributed by atoms with van der Waals surface area (Å²) < 4.78 is 1.96. The van der Waals surface area contributed by atoms with Gasteiger partial charge in [-0.05, 0) is 32.9 Å². The van der Waals surface area contributed by atoms with E-state index in [1.54, 1.807) is 0 Å². The lowest BCUT2D eigenvalue weighted by atomic mass is 10.2. The average Bonchev–Trinajstić information content (AvgIpc) is 2.72. The Hall–Kier alpha value is -1.06. The molecule has 3 nitrogen and oxygen atoms in total. The quantitative estimate of drug-likeness (QED) is 0.756. The first-order valence-corrected chi connectivity index (χ1v) is 7.37. The Morgan fingerprint density at radius 2 is 2.05 bits per heavy atom. The Kier molecular flexibility index (Phi) is 4.83. The Morgan fingerprint density at radius 3 is 2.74 bits per heavy atom. The van der Waals surface area contributed by atoms with Crippen molar-refractivity contribution in [2.75, 3.05) is 12.4 Å². The molecule has 2 rings (SSSR count). The minimum atomic E-state index is 0.504. The van der Waals surface area contributed by atoms with E-state index in [-0.39, 0.29) is 0 Å². The van der Waals surface area contributed by atoms with E-state index in [0.29, 0.717) is 11.9 Å². The average molecular weight is 280 g/mol. The van der Waals surface area contributed by atoms with Crippen LogP contribution < -0.4 is 0 Å². The van der Waals surface area contributed by atoms with Crippen LogP contribution in [0.5, 0.6) is 0 Å². The third-order valence-corrected chi connectivity index (χ3v) is 3.76. The summed E-state index contributed by atoms with van der Waals surface area (Å²) in [5, 5.41) is 5.91. The van der Waals surface area contributed by atoms with Crippen LogP contribution in [0.15, 0.2) is 24.3 Å². The van der Waals surface area contributed by atoms with Gasteiger partial charge in [-0.15, -0.1) is 11.6 Å². The normalized spacial score (nSPS) is 11.9. The molecule has 0 spiro atoms. The highest BCUT2D eigenvalue weighted by Gasteiger charge is 2.14. The summed E-state index contributed by atoms with van der Waals surface area (Å²) in [5.41, 5.74) is 2.35. The second-order valence-corrected chi connectivity index (χ2v) is 5.57. The fourth-order valence-corrected chi connectivity index (χ4v) is 2.50. The van der Waals surface area contributed by atoms with Crippen molar-refractivity contribution in [3.8, 4) is 0 Å². The van der Waals surface area contributed by atoms with Gasteiger partial charge in [0.25, 0.3) is 0 Å². The van der Waals surface area contributed by atoms with Gasteiger partial charge in [0.05, 0.1) is 11.2 Å². The summed E-state index contributed by atoms with van der Waals surface area (Å²) in [6.07, 6.45) is 1.02. The molecule has 0 aliphatic carbocycles. The number of rotatable bonds is 6. The summed E-state index contributed by atoms with van der Waals surface area (Å²) in [5.74, 6) is 0.714. The van der Waals surface area contributed by atoms with E-state index in [1.807, 2.05) is 11.7 Å². The first-order valence-electron chi connectivity index (χ1n) is 6.84. The van der Waals surface area contributed by atoms with E-state index < -0.39 is 0 Å². The van der Waals surface area contributed by atoms with Crippen LogP contribution in [0, 0.1) is 0 Å². The van der Waals surface area contributed by atoms with Crippen LogP contribution in [0.4, 0.5) is 0 Å². The van der Waals surface area contributed by atoms with Gasteiger partial charge in [-0.3, -0.25) is 9.58 Å². The third-order valence-electron chi connectivity index (χ3n) is 3.50. The molecule has 19 heavy (non-hydrogen) atoms. The van der Waals surface area contributed by atoms with Crippen molar-refractivity contribution in [2.45, 2.75) is 32.9 Å². The summed E-state index contributed by atoms with van der Waals surface area (Å²) >= 11 is 5.81. The predicted molar refractivity (Wildman–Crippen MR) is 81.6 cm³/mol. The molecule has 0 atom stereocenters. The van der Waals surface area contributed by atoms with Crippen molar-refractivity contribution in [2.24, 2.45) is 7.05 Å². The van der Waals surface area contributed by atoms with Crippen LogP contribution in [0.2, 0.25) is 0 Å². The first-order chi connectivity index (χ1) is 9.13. The number of nitrogens with zero attached hydrogens (tertiary/aromatic N) is 3. The SMILES string of the molecule is CC(C)N(CCCCl)Cc1nn(C)c2ccccc12. The van der Waals surface area contributed by atoms with Gasteiger partial charge in [0.2, 0.25) is 0 Å². The smallest absolute Gasteiger partial charge is 0.0843 e. The fraction of sp³-hybridized carbons (Fsp3) is 0.533. The number of benzene rings is 1. The molecular formula is C15H22ClN3. The highest BCUT2D eigenvalue weighted by molar-refractivity contribution is 6.17. The number of fused-ring (bicyclic) bond motifs is 1. The van der Waals surface area contributed by atoms with Crippen LogP contribution >= 0.6 is 11.6 Å². The molecule has 0 amide bonds.